The third-order valence-corrected chi connectivity index (χ3v) is 3.04. The zero-order valence-corrected chi connectivity index (χ0v) is 14.1. The van der Waals surface area contributed by atoms with Crippen molar-refractivity contribution < 1.29 is 9.53 Å². The number of nitrogens with one attached hydrogen (secondary N) is 3. The van der Waals surface area contributed by atoms with Crippen LogP contribution in [0.15, 0.2) is 24.4 Å². The fraction of sp³-hybridized carbons (Fsp3) is 0.375. The Balaban J connectivity index is 1.92. The van der Waals surface area contributed by atoms with E-state index in [1.807, 2.05) is 26.0 Å². The Morgan fingerprint density at radius 1 is 1.12 bits per heavy atom. The number of methoxy groups -OCH3 is 1. The van der Waals surface area contributed by atoms with E-state index in [1.54, 1.807) is 12.3 Å². The molecule has 8 nitrogen and oxygen atoms in total. The number of ether oxygens (including phenoxy) is 1. The van der Waals surface area contributed by atoms with Crippen LogP contribution in [0.4, 0.5) is 17.5 Å². The number of anilines is 3. The number of hydrogen-bond donors (Lipinski definition) is 3. The summed E-state index contributed by atoms with van der Waals surface area (Å²) in [6, 6.07) is 5.67. The van der Waals surface area contributed by atoms with Crippen LogP contribution in [0.25, 0.3) is 0 Å². The standard InChI is InChI=1S/C16H22N6O2/c1-11-4-5-17-13(8-11)22-15-9-14(20-12(2)21-15)18-6-7-19-16(23)10-24-3/h4-5,8-9H,6-7,10H2,1-3H3,(H,19,23)(H2,17,18,20,21,22). The fourth-order valence-corrected chi connectivity index (χ4v) is 2.03. The molecule has 0 bridgehead atoms. The quantitative estimate of drug-likeness (QED) is 0.629. The molecule has 0 aromatic carbocycles. The molecular weight excluding hydrogens is 308 g/mol. The summed E-state index contributed by atoms with van der Waals surface area (Å²) < 4.78 is 4.75. The highest BCUT2D eigenvalue weighted by molar-refractivity contribution is 5.77. The Kier molecular flexibility index (Phi) is 6.44. The third kappa shape index (κ3) is 5.81. The Bertz CT molecular complexity index is 692. The van der Waals surface area contributed by atoms with Crippen LogP contribution in [-0.4, -0.2) is 47.7 Å². The molecule has 0 radical (unpaired) electrons. The molecule has 1 amide bonds. The lowest BCUT2D eigenvalue weighted by atomic mass is 10.3. The van der Waals surface area contributed by atoms with E-state index in [0.717, 1.165) is 11.4 Å². The van der Waals surface area contributed by atoms with Gasteiger partial charge >= 0.3 is 0 Å². The van der Waals surface area contributed by atoms with E-state index in [4.69, 9.17) is 4.74 Å². The summed E-state index contributed by atoms with van der Waals surface area (Å²) in [6.45, 7) is 4.91. The minimum absolute atomic E-state index is 0.0597. The van der Waals surface area contributed by atoms with Crippen molar-refractivity contribution in [1.82, 2.24) is 20.3 Å². The molecule has 2 aromatic rings. The number of rotatable bonds is 8. The maximum atomic E-state index is 11.3. The van der Waals surface area contributed by atoms with E-state index in [9.17, 15) is 4.79 Å². The van der Waals surface area contributed by atoms with Gasteiger partial charge in [0.1, 0.15) is 29.9 Å². The van der Waals surface area contributed by atoms with E-state index in [1.165, 1.54) is 7.11 Å². The second kappa shape index (κ2) is 8.78. The number of aryl methyl sites for hydroxylation is 2. The summed E-state index contributed by atoms with van der Waals surface area (Å²) in [6.07, 6.45) is 1.74. The van der Waals surface area contributed by atoms with Gasteiger partial charge in [0.25, 0.3) is 0 Å². The summed E-state index contributed by atoms with van der Waals surface area (Å²) in [5, 5.41) is 9.05. The van der Waals surface area contributed by atoms with Crippen LogP contribution < -0.4 is 16.0 Å². The molecule has 0 atom stereocenters. The zero-order valence-electron chi connectivity index (χ0n) is 14.1. The summed E-state index contributed by atoms with van der Waals surface area (Å²) in [7, 11) is 1.49. The maximum Gasteiger partial charge on any atom is 0.246 e. The Hall–Kier alpha value is -2.74. The van der Waals surface area contributed by atoms with Crippen molar-refractivity contribution in [3.8, 4) is 0 Å². The summed E-state index contributed by atoms with van der Waals surface area (Å²) in [5.41, 5.74) is 1.11. The van der Waals surface area contributed by atoms with Gasteiger partial charge in [0, 0.05) is 32.5 Å². The van der Waals surface area contributed by atoms with Crippen molar-refractivity contribution in [1.29, 1.82) is 0 Å². The van der Waals surface area contributed by atoms with Crippen molar-refractivity contribution in [2.45, 2.75) is 13.8 Å². The SMILES string of the molecule is COCC(=O)NCCNc1cc(Nc2cc(C)ccn2)nc(C)n1. The minimum Gasteiger partial charge on any atom is -0.375 e. The molecule has 128 valence electrons. The van der Waals surface area contributed by atoms with Gasteiger partial charge in [0.05, 0.1) is 0 Å². The van der Waals surface area contributed by atoms with E-state index in [-0.39, 0.29) is 12.5 Å². The predicted octanol–water partition coefficient (Wildman–Crippen LogP) is 1.41. The van der Waals surface area contributed by atoms with E-state index in [2.05, 4.69) is 30.9 Å². The zero-order chi connectivity index (χ0) is 17.4. The molecule has 0 aliphatic heterocycles. The molecule has 0 saturated heterocycles. The van der Waals surface area contributed by atoms with Crippen LogP contribution in [0.1, 0.15) is 11.4 Å². The fourth-order valence-electron chi connectivity index (χ4n) is 2.03. The normalized spacial score (nSPS) is 10.3. The third-order valence-electron chi connectivity index (χ3n) is 3.04. The lowest BCUT2D eigenvalue weighted by Gasteiger charge is -2.10. The first-order chi connectivity index (χ1) is 11.6. The Morgan fingerprint density at radius 2 is 1.92 bits per heavy atom. The Labute approximate surface area is 141 Å². The van der Waals surface area contributed by atoms with E-state index >= 15 is 0 Å². The van der Waals surface area contributed by atoms with Gasteiger partial charge in [-0.1, -0.05) is 0 Å². The highest BCUT2D eigenvalue weighted by Gasteiger charge is 2.04. The molecule has 0 unspecified atom stereocenters. The van der Waals surface area contributed by atoms with E-state index in [0.29, 0.717) is 30.5 Å². The van der Waals surface area contributed by atoms with Crippen LogP contribution in [0.2, 0.25) is 0 Å². The Morgan fingerprint density at radius 3 is 2.67 bits per heavy atom. The van der Waals surface area contributed by atoms with E-state index < -0.39 is 0 Å². The first-order valence-electron chi connectivity index (χ1n) is 7.61. The molecule has 3 N–H and O–H groups in total. The molecule has 0 aliphatic rings. The average Bonchev–Trinajstić information content (AvgIpc) is 2.51. The molecule has 0 saturated carbocycles. The van der Waals surface area contributed by atoms with Gasteiger partial charge in [-0.3, -0.25) is 4.79 Å². The van der Waals surface area contributed by atoms with Crippen LogP contribution in [-0.2, 0) is 9.53 Å². The van der Waals surface area contributed by atoms with Crippen molar-refractivity contribution in [3.63, 3.8) is 0 Å². The number of nitrogens with zero attached hydrogens (tertiary/aromatic N) is 3. The second-order valence-corrected chi connectivity index (χ2v) is 5.24. The lowest BCUT2D eigenvalue weighted by molar-refractivity contribution is -0.124. The van der Waals surface area contributed by atoms with Gasteiger partial charge in [0.15, 0.2) is 0 Å². The predicted molar refractivity (Wildman–Crippen MR) is 92.4 cm³/mol. The summed E-state index contributed by atoms with van der Waals surface area (Å²) >= 11 is 0. The van der Waals surface area contributed by atoms with Crippen molar-refractivity contribution in [2.24, 2.45) is 0 Å². The first-order valence-corrected chi connectivity index (χ1v) is 7.61. The van der Waals surface area contributed by atoms with Crippen LogP contribution in [0.3, 0.4) is 0 Å². The van der Waals surface area contributed by atoms with Gasteiger partial charge in [-0.2, -0.15) is 0 Å². The molecule has 0 spiro atoms. The second-order valence-electron chi connectivity index (χ2n) is 5.24. The first kappa shape index (κ1) is 17.6. The minimum atomic E-state index is -0.147. The highest BCUT2D eigenvalue weighted by Crippen LogP contribution is 2.16. The van der Waals surface area contributed by atoms with Gasteiger partial charge < -0.3 is 20.7 Å². The smallest absolute Gasteiger partial charge is 0.246 e. The number of amides is 1. The largest absolute Gasteiger partial charge is 0.375 e. The number of aromatic nitrogens is 3. The van der Waals surface area contributed by atoms with Gasteiger partial charge in [-0.05, 0) is 31.5 Å². The monoisotopic (exact) mass is 330 g/mol. The topological polar surface area (TPSA) is 101 Å². The summed E-state index contributed by atoms with van der Waals surface area (Å²) in [4.78, 5) is 24.2. The maximum absolute atomic E-state index is 11.3. The molecule has 2 heterocycles. The van der Waals surface area contributed by atoms with Gasteiger partial charge in [-0.15, -0.1) is 0 Å². The molecule has 2 aromatic heterocycles. The molecule has 8 heteroatoms. The van der Waals surface area contributed by atoms with Crippen molar-refractivity contribution in [2.75, 3.05) is 37.4 Å². The summed E-state index contributed by atoms with van der Waals surface area (Å²) in [5.74, 6) is 2.56. The number of carbonyl (C=O) groups excluding carboxylic acids is 1. The molecule has 0 aliphatic carbocycles. The van der Waals surface area contributed by atoms with Crippen molar-refractivity contribution in [3.05, 3.63) is 35.8 Å². The van der Waals surface area contributed by atoms with Gasteiger partial charge in [0.2, 0.25) is 5.91 Å². The molecule has 0 fully saturated rings. The van der Waals surface area contributed by atoms with Crippen LogP contribution in [0.5, 0.6) is 0 Å². The van der Waals surface area contributed by atoms with Crippen LogP contribution in [0, 0.1) is 13.8 Å². The van der Waals surface area contributed by atoms with Crippen LogP contribution >= 0.6 is 0 Å². The van der Waals surface area contributed by atoms with Gasteiger partial charge in [-0.25, -0.2) is 15.0 Å². The number of pyridine rings is 1. The lowest BCUT2D eigenvalue weighted by Crippen LogP contribution is -2.31. The molecule has 2 rings (SSSR count). The average molecular weight is 330 g/mol. The van der Waals surface area contributed by atoms with Crippen molar-refractivity contribution >= 4 is 23.4 Å². The number of hydrogen-bond acceptors (Lipinski definition) is 7. The highest BCUT2D eigenvalue weighted by atomic mass is 16.5. The number of carbonyl (C=O) groups is 1. The molecular formula is C16H22N6O2. The molecule has 24 heavy (non-hydrogen) atoms.